The Kier molecular flexibility index (Phi) is 5.77. The van der Waals surface area contributed by atoms with E-state index in [9.17, 15) is 4.79 Å². The zero-order valence-corrected chi connectivity index (χ0v) is 10.5. The van der Waals surface area contributed by atoms with E-state index in [1.807, 2.05) is 13.0 Å². The van der Waals surface area contributed by atoms with Crippen LogP contribution in [0.2, 0.25) is 0 Å². The van der Waals surface area contributed by atoms with Crippen LogP contribution in [0, 0.1) is 5.92 Å². The van der Waals surface area contributed by atoms with Crippen molar-refractivity contribution in [2.45, 2.75) is 33.1 Å². The summed E-state index contributed by atoms with van der Waals surface area (Å²) in [4.78, 5) is 11.7. The van der Waals surface area contributed by atoms with Gasteiger partial charge in [0.2, 0.25) is 0 Å². The van der Waals surface area contributed by atoms with E-state index < -0.39 is 0 Å². The van der Waals surface area contributed by atoms with E-state index in [0.717, 1.165) is 25.0 Å². The first-order valence-electron chi connectivity index (χ1n) is 6.19. The maximum Gasteiger partial charge on any atom is 0.287 e. The van der Waals surface area contributed by atoms with Gasteiger partial charge in [-0.25, -0.2) is 0 Å². The second kappa shape index (κ2) is 7.12. The van der Waals surface area contributed by atoms with Crippen molar-refractivity contribution in [2.24, 2.45) is 5.92 Å². The van der Waals surface area contributed by atoms with Crippen LogP contribution in [-0.4, -0.2) is 24.2 Å². The van der Waals surface area contributed by atoms with E-state index in [1.54, 1.807) is 6.07 Å². The van der Waals surface area contributed by atoms with Crippen molar-refractivity contribution in [3.8, 4) is 0 Å². The zero-order chi connectivity index (χ0) is 12.7. The Hall–Kier alpha value is -1.29. The van der Waals surface area contributed by atoms with Crippen molar-refractivity contribution < 1.29 is 14.3 Å². The molecule has 1 amide bonds. The number of aliphatic hydroxyl groups excluding tert-OH is 1. The maximum atomic E-state index is 11.7. The minimum Gasteiger partial charge on any atom is -0.456 e. The number of aryl methyl sites for hydroxylation is 1. The van der Waals surface area contributed by atoms with Crippen molar-refractivity contribution in [3.05, 3.63) is 23.7 Å². The summed E-state index contributed by atoms with van der Waals surface area (Å²) in [5.74, 6) is 1.32. The number of amides is 1. The largest absolute Gasteiger partial charge is 0.456 e. The first kappa shape index (κ1) is 13.8. The van der Waals surface area contributed by atoms with Crippen molar-refractivity contribution in [2.75, 3.05) is 13.2 Å². The van der Waals surface area contributed by atoms with Gasteiger partial charge in [-0.15, -0.1) is 0 Å². The summed E-state index contributed by atoms with van der Waals surface area (Å²) < 4.78 is 5.36. The molecule has 4 nitrogen and oxygen atoms in total. The second-order valence-electron chi connectivity index (χ2n) is 4.12. The van der Waals surface area contributed by atoms with Crippen LogP contribution >= 0.6 is 0 Å². The van der Waals surface area contributed by atoms with E-state index in [-0.39, 0.29) is 12.5 Å². The lowest BCUT2D eigenvalue weighted by Crippen LogP contribution is -2.29. The molecule has 1 atom stereocenters. The average molecular weight is 239 g/mol. The van der Waals surface area contributed by atoms with Crippen LogP contribution in [0.3, 0.4) is 0 Å². The quantitative estimate of drug-likeness (QED) is 0.764. The van der Waals surface area contributed by atoms with Gasteiger partial charge in [0, 0.05) is 19.6 Å². The summed E-state index contributed by atoms with van der Waals surface area (Å²) in [7, 11) is 0. The standard InChI is InChI=1S/C13H21NO3/c1-3-10(7-8-15)9-14-13(16)12-6-5-11(4-2)17-12/h5-6,10,15H,3-4,7-9H2,1-2H3,(H,14,16). The van der Waals surface area contributed by atoms with Crippen LogP contribution < -0.4 is 5.32 Å². The Morgan fingerprint density at radius 3 is 2.76 bits per heavy atom. The van der Waals surface area contributed by atoms with Crippen molar-refractivity contribution >= 4 is 5.91 Å². The first-order chi connectivity index (χ1) is 8.21. The van der Waals surface area contributed by atoms with E-state index >= 15 is 0 Å². The molecule has 17 heavy (non-hydrogen) atoms. The Bertz CT molecular complexity index is 346. The van der Waals surface area contributed by atoms with Crippen molar-refractivity contribution in [1.82, 2.24) is 5.32 Å². The van der Waals surface area contributed by atoms with Crippen molar-refractivity contribution in [3.63, 3.8) is 0 Å². The number of furan rings is 1. The monoisotopic (exact) mass is 239 g/mol. The van der Waals surface area contributed by atoms with E-state index in [0.29, 0.717) is 18.2 Å². The minimum atomic E-state index is -0.180. The van der Waals surface area contributed by atoms with Gasteiger partial charge in [-0.3, -0.25) is 4.79 Å². The molecule has 1 rings (SSSR count). The molecule has 1 unspecified atom stereocenters. The summed E-state index contributed by atoms with van der Waals surface area (Å²) in [5, 5.41) is 11.7. The SMILES string of the molecule is CCc1ccc(C(=O)NCC(CC)CCO)o1. The Morgan fingerprint density at radius 1 is 1.47 bits per heavy atom. The number of carbonyl (C=O) groups excluding carboxylic acids is 1. The molecule has 0 fully saturated rings. The number of nitrogens with one attached hydrogen (secondary N) is 1. The van der Waals surface area contributed by atoms with Gasteiger partial charge in [0.25, 0.3) is 5.91 Å². The van der Waals surface area contributed by atoms with Gasteiger partial charge in [-0.05, 0) is 24.5 Å². The smallest absolute Gasteiger partial charge is 0.287 e. The molecule has 1 heterocycles. The molecule has 0 radical (unpaired) electrons. The normalized spacial score (nSPS) is 12.4. The highest BCUT2D eigenvalue weighted by molar-refractivity contribution is 5.91. The molecule has 0 aliphatic rings. The van der Waals surface area contributed by atoms with Crippen LogP contribution in [0.15, 0.2) is 16.5 Å². The minimum absolute atomic E-state index is 0.162. The Morgan fingerprint density at radius 2 is 2.24 bits per heavy atom. The lowest BCUT2D eigenvalue weighted by molar-refractivity contribution is 0.0914. The van der Waals surface area contributed by atoms with E-state index in [2.05, 4.69) is 12.2 Å². The Labute approximate surface area is 102 Å². The van der Waals surface area contributed by atoms with Gasteiger partial charge in [0.1, 0.15) is 5.76 Å². The molecule has 0 aromatic carbocycles. The molecule has 1 aromatic rings. The second-order valence-corrected chi connectivity index (χ2v) is 4.12. The Balaban J connectivity index is 2.43. The molecule has 0 spiro atoms. The molecule has 1 aromatic heterocycles. The number of hydrogen-bond donors (Lipinski definition) is 2. The van der Waals surface area contributed by atoms with Crippen LogP contribution in [0.5, 0.6) is 0 Å². The molecule has 0 bridgehead atoms. The summed E-state index contributed by atoms with van der Waals surface area (Å²) in [6.45, 7) is 4.77. The summed E-state index contributed by atoms with van der Waals surface area (Å²) in [5.41, 5.74) is 0. The summed E-state index contributed by atoms with van der Waals surface area (Å²) in [6, 6.07) is 3.51. The number of rotatable bonds is 7. The van der Waals surface area contributed by atoms with Gasteiger partial charge < -0.3 is 14.8 Å². The van der Waals surface area contributed by atoms with Crippen molar-refractivity contribution in [1.29, 1.82) is 0 Å². The summed E-state index contributed by atoms with van der Waals surface area (Å²) in [6.07, 6.45) is 2.45. The fourth-order valence-electron chi connectivity index (χ4n) is 1.65. The molecule has 2 N–H and O–H groups in total. The lowest BCUT2D eigenvalue weighted by atomic mass is 10.0. The third-order valence-corrected chi connectivity index (χ3v) is 2.90. The molecule has 0 aliphatic carbocycles. The van der Waals surface area contributed by atoms with Crippen LogP contribution in [0.4, 0.5) is 0 Å². The predicted molar refractivity (Wildman–Crippen MR) is 65.9 cm³/mol. The van der Waals surface area contributed by atoms with Gasteiger partial charge in [-0.1, -0.05) is 20.3 Å². The van der Waals surface area contributed by atoms with Crippen LogP contribution in [0.1, 0.15) is 43.0 Å². The highest BCUT2D eigenvalue weighted by Crippen LogP contribution is 2.09. The highest BCUT2D eigenvalue weighted by Gasteiger charge is 2.12. The topological polar surface area (TPSA) is 62.5 Å². The molecule has 96 valence electrons. The zero-order valence-electron chi connectivity index (χ0n) is 10.5. The highest BCUT2D eigenvalue weighted by atomic mass is 16.3. The molecule has 4 heteroatoms. The molecule has 0 aliphatic heterocycles. The molecular formula is C13H21NO3. The van der Waals surface area contributed by atoms with Gasteiger partial charge in [0.15, 0.2) is 5.76 Å². The third kappa shape index (κ3) is 4.23. The van der Waals surface area contributed by atoms with Gasteiger partial charge in [0.05, 0.1) is 0 Å². The predicted octanol–water partition coefficient (Wildman–Crippen LogP) is 1.98. The first-order valence-corrected chi connectivity index (χ1v) is 6.19. The van der Waals surface area contributed by atoms with Crippen LogP contribution in [-0.2, 0) is 6.42 Å². The fraction of sp³-hybridized carbons (Fsp3) is 0.615. The molecule has 0 saturated carbocycles. The third-order valence-electron chi connectivity index (χ3n) is 2.90. The fourth-order valence-corrected chi connectivity index (χ4v) is 1.65. The van der Waals surface area contributed by atoms with E-state index in [4.69, 9.17) is 9.52 Å². The number of aliphatic hydroxyl groups is 1. The van der Waals surface area contributed by atoms with Crippen LogP contribution in [0.25, 0.3) is 0 Å². The maximum absolute atomic E-state index is 11.7. The molecule has 0 saturated heterocycles. The average Bonchev–Trinajstić information content (AvgIpc) is 2.82. The van der Waals surface area contributed by atoms with Gasteiger partial charge >= 0.3 is 0 Å². The summed E-state index contributed by atoms with van der Waals surface area (Å²) >= 11 is 0. The lowest BCUT2D eigenvalue weighted by Gasteiger charge is -2.13. The van der Waals surface area contributed by atoms with Gasteiger partial charge in [-0.2, -0.15) is 0 Å². The number of hydrogen-bond acceptors (Lipinski definition) is 3. The number of carbonyl (C=O) groups is 1. The van der Waals surface area contributed by atoms with E-state index in [1.165, 1.54) is 0 Å². The molecular weight excluding hydrogens is 218 g/mol.